The lowest BCUT2D eigenvalue weighted by Gasteiger charge is -2.22. The smallest absolute Gasteiger partial charge is 0.124 e. The summed E-state index contributed by atoms with van der Waals surface area (Å²) < 4.78 is 1.98. The molecule has 1 atom stereocenters. The molecule has 90 valence electrons. The van der Waals surface area contributed by atoms with Gasteiger partial charge in [0, 0.05) is 25.6 Å². The van der Waals surface area contributed by atoms with Crippen LogP contribution in [0.15, 0.2) is 6.07 Å². The highest BCUT2D eigenvalue weighted by Crippen LogP contribution is 2.36. The van der Waals surface area contributed by atoms with Crippen LogP contribution in [0.4, 0.5) is 5.82 Å². The van der Waals surface area contributed by atoms with Crippen molar-refractivity contribution in [2.45, 2.75) is 45.4 Å². The lowest BCUT2D eigenvalue weighted by molar-refractivity contribution is 0.408. The zero-order valence-electron chi connectivity index (χ0n) is 10.7. The Hall–Kier alpha value is -0.990. The normalized spacial score (nSPS) is 18.2. The van der Waals surface area contributed by atoms with Crippen molar-refractivity contribution in [3.05, 3.63) is 11.8 Å². The summed E-state index contributed by atoms with van der Waals surface area (Å²) in [4.78, 5) is 0. The fourth-order valence-corrected chi connectivity index (χ4v) is 1.98. The summed E-state index contributed by atoms with van der Waals surface area (Å²) in [5, 5.41) is 8.08. The highest BCUT2D eigenvalue weighted by Gasteiger charge is 2.22. The lowest BCUT2D eigenvalue weighted by Crippen LogP contribution is -2.12. The molecule has 1 fully saturated rings. The topological polar surface area (TPSA) is 29.9 Å². The van der Waals surface area contributed by atoms with E-state index in [0.29, 0.717) is 0 Å². The summed E-state index contributed by atoms with van der Waals surface area (Å²) >= 11 is 0. The molecule has 3 nitrogen and oxygen atoms in total. The molecule has 16 heavy (non-hydrogen) atoms. The maximum atomic E-state index is 4.59. The average Bonchev–Trinajstić information content (AvgIpc) is 2.53. The molecule has 0 aliphatic heterocycles. The van der Waals surface area contributed by atoms with Crippen molar-refractivity contribution in [1.29, 1.82) is 0 Å². The lowest BCUT2D eigenvalue weighted by atomic mass is 9.83. The SMILES string of the molecule is CCC(C)CNc1cc(C2CCC2)nn1C. The highest BCUT2D eigenvalue weighted by atomic mass is 15.3. The van der Waals surface area contributed by atoms with Crippen molar-refractivity contribution in [1.82, 2.24) is 9.78 Å². The molecule has 1 N–H and O–H groups in total. The van der Waals surface area contributed by atoms with E-state index in [9.17, 15) is 0 Å². The first-order chi connectivity index (χ1) is 7.70. The zero-order valence-corrected chi connectivity index (χ0v) is 10.7. The van der Waals surface area contributed by atoms with Gasteiger partial charge in [-0.05, 0) is 18.8 Å². The Labute approximate surface area is 98.2 Å². The molecule has 1 unspecified atom stereocenters. The van der Waals surface area contributed by atoms with Crippen LogP contribution in [0, 0.1) is 5.92 Å². The molecule has 1 aliphatic rings. The predicted molar refractivity (Wildman–Crippen MR) is 67.7 cm³/mol. The first-order valence-corrected chi connectivity index (χ1v) is 6.48. The van der Waals surface area contributed by atoms with E-state index < -0.39 is 0 Å². The predicted octanol–water partition coefficient (Wildman–Crippen LogP) is 3.15. The molecule has 1 heterocycles. The molecule has 1 aromatic rings. The second kappa shape index (κ2) is 4.89. The number of hydrogen-bond acceptors (Lipinski definition) is 2. The van der Waals surface area contributed by atoms with E-state index in [0.717, 1.165) is 18.4 Å². The monoisotopic (exact) mass is 221 g/mol. The Morgan fingerprint density at radius 2 is 2.31 bits per heavy atom. The van der Waals surface area contributed by atoms with Crippen molar-refractivity contribution in [2.75, 3.05) is 11.9 Å². The van der Waals surface area contributed by atoms with Crippen LogP contribution in [0.5, 0.6) is 0 Å². The number of aryl methyl sites for hydroxylation is 1. The van der Waals surface area contributed by atoms with E-state index in [1.807, 2.05) is 11.7 Å². The van der Waals surface area contributed by atoms with Gasteiger partial charge < -0.3 is 5.32 Å². The minimum atomic E-state index is 0.724. The maximum absolute atomic E-state index is 4.59. The molecule has 1 aromatic heterocycles. The third kappa shape index (κ3) is 2.39. The molecule has 0 aromatic carbocycles. The van der Waals surface area contributed by atoms with Gasteiger partial charge in [-0.2, -0.15) is 5.10 Å². The molecule has 0 amide bonds. The molecule has 0 saturated heterocycles. The summed E-state index contributed by atoms with van der Waals surface area (Å²) in [6, 6.07) is 2.23. The van der Waals surface area contributed by atoms with Crippen molar-refractivity contribution in [3.63, 3.8) is 0 Å². The van der Waals surface area contributed by atoms with Crippen LogP contribution in [0.25, 0.3) is 0 Å². The first kappa shape index (κ1) is 11.5. The minimum Gasteiger partial charge on any atom is -0.370 e. The number of anilines is 1. The van der Waals surface area contributed by atoms with Crippen LogP contribution < -0.4 is 5.32 Å². The third-order valence-electron chi connectivity index (χ3n) is 3.75. The second-order valence-corrected chi connectivity index (χ2v) is 5.10. The van der Waals surface area contributed by atoms with Gasteiger partial charge in [0.15, 0.2) is 0 Å². The van der Waals surface area contributed by atoms with Gasteiger partial charge in [0.2, 0.25) is 0 Å². The van der Waals surface area contributed by atoms with E-state index >= 15 is 0 Å². The summed E-state index contributed by atoms with van der Waals surface area (Å²) in [6.45, 7) is 5.55. The fraction of sp³-hybridized carbons (Fsp3) is 0.769. The molecule has 3 heteroatoms. The van der Waals surface area contributed by atoms with E-state index in [1.54, 1.807) is 0 Å². The van der Waals surface area contributed by atoms with E-state index in [2.05, 4.69) is 30.3 Å². The molecule has 0 spiro atoms. The van der Waals surface area contributed by atoms with E-state index in [-0.39, 0.29) is 0 Å². The first-order valence-electron chi connectivity index (χ1n) is 6.48. The Morgan fingerprint density at radius 3 is 2.88 bits per heavy atom. The molecule has 2 rings (SSSR count). The Balaban J connectivity index is 1.95. The Bertz CT molecular complexity index is 339. The van der Waals surface area contributed by atoms with Gasteiger partial charge in [-0.25, -0.2) is 0 Å². The summed E-state index contributed by atoms with van der Waals surface area (Å²) in [5.41, 5.74) is 1.28. The van der Waals surface area contributed by atoms with Gasteiger partial charge >= 0.3 is 0 Å². The largest absolute Gasteiger partial charge is 0.370 e. The molecule has 1 saturated carbocycles. The van der Waals surface area contributed by atoms with Gasteiger partial charge in [0.05, 0.1) is 5.69 Å². The van der Waals surface area contributed by atoms with Crippen LogP contribution in [0.2, 0.25) is 0 Å². The van der Waals surface area contributed by atoms with Crippen molar-refractivity contribution in [3.8, 4) is 0 Å². The molecule has 0 bridgehead atoms. The minimum absolute atomic E-state index is 0.724. The number of rotatable bonds is 5. The van der Waals surface area contributed by atoms with Gasteiger partial charge in [0.1, 0.15) is 5.82 Å². The summed E-state index contributed by atoms with van der Waals surface area (Å²) in [6.07, 6.45) is 5.24. The number of nitrogens with one attached hydrogen (secondary N) is 1. The van der Waals surface area contributed by atoms with Gasteiger partial charge in [-0.3, -0.25) is 4.68 Å². The van der Waals surface area contributed by atoms with Crippen LogP contribution in [0.1, 0.15) is 51.1 Å². The van der Waals surface area contributed by atoms with E-state index in [1.165, 1.54) is 37.2 Å². The maximum Gasteiger partial charge on any atom is 0.124 e. The van der Waals surface area contributed by atoms with Gasteiger partial charge in [0.25, 0.3) is 0 Å². The van der Waals surface area contributed by atoms with Gasteiger partial charge in [-0.15, -0.1) is 0 Å². The number of hydrogen-bond donors (Lipinski definition) is 1. The molecule has 0 radical (unpaired) electrons. The average molecular weight is 221 g/mol. The summed E-state index contributed by atoms with van der Waals surface area (Å²) in [5.74, 6) is 2.62. The number of nitrogens with zero attached hydrogens (tertiary/aromatic N) is 2. The summed E-state index contributed by atoms with van der Waals surface area (Å²) in [7, 11) is 2.03. The highest BCUT2D eigenvalue weighted by molar-refractivity contribution is 5.38. The Morgan fingerprint density at radius 1 is 1.56 bits per heavy atom. The van der Waals surface area contributed by atoms with Crippen LogP contribution >= 0.6 is 0 Å². The third-order valence-corrected chi connectivity index (χ3v) is 3.75. The molecule has 1 aliphatic carbocycles. The molecular weight excluding hydrogens is 198 g/mol. The van der Waals surface area contributed by atoms with Crippen LogP contribution in [-0.4, -0.2) is 16.3 Å². The fourth-order valence-electron chi connectivity index (χ4n) is 1.98. The van der Waals surface area contributed by atoms with Crippen LogP contribution in [-0.2, 0) is 7.05 Å². The van der Waals surface area contributed by atoms with E-state index in [4.69, 9.17) is 0 Å². The van der Waals surface area contributed by atoms with Crippen molar-refractivity contribution >= 4 is 5.82 Å². The Kier molecular flexibility index (Phi) is 3.52. The quantitative estimate of drug-likeness (QED) is 0.827. The van der Waals surface area contributed by atoms with Crippen LogP contribution in [0.3, 0.4) is 0 Å². The number of aromatic nitrogens is 2. The standard InChI is InChI=1S/C13H23N3/c1-4-10(2)9-14-13-8-12(15-16(13)3)11-6-5-7-11/h8,10-11,14H,4-7,9H2,1-3H3. The van der Waals surface area contributed by atoms with Crippen molar-refractivity contribution < 1.29 is 0 Å². The molecular formula is C13H23N3. The second-order valence-electron chi connectivity index (χ2n) is 5.10. The zero-order chi connectivity index (χ0) is 11.5. The van der Waals surface area contributed by atoms with Gasteiger partial charge in [-0.1, -0.05) is 26.7 Å². The van der Waals surface area contributed by atoms with Crippen molar-refractivity contribution in [2.24, 2.45) is 13.0 Å².